The summed E-state index contributed by atoms with van der Waals surface area (Å²) < 4.78 is 2.94. The number of aryl methyl sites for hydroxylation is 1. The first-order valence-corrected chi connectivity index (χ1v) is 8.32. The number of hydrazone groups is 1. The van der Waals surface area contributed by atoms with Gasteiger partial charge in [-0.25, -0.2) is 10.2 Å². The number of hydrogen-bond donors (Lipinski definition) is 3. The number of phenols is 1. The molecule has 0 aliphatic heterocycles. The molecule has 0 amide bonds. The van der Waals surface area contributed by atoms with Crippen LogP contribution in [0.5, 0.6) is 5.75 Å². The van der Waals surface area contributed by atoms with Gasteiger partial charge >= 0.3 is 5.69 Å². The maximum atomic E-state index is 12.3. The summed E-state index contributed by atoms with van der Waals surface area (Å²) in [7, 11) is 1.54. The molecule has 9 nitrogen and oxygen atoms in total. The molecule has 0 saturated carbocycles. The molecule has 140 valence electrons. The highest BCUT2D eigenvalue weighted by Crippen LogP contribution is 2.16. The van der Waals surface area contributed by atoms with Crippen molar-refractivity contribution in [3.05, 3.63) is 62.8 Å². The molecule has 0 aliphatic carbocycles. The van der Waals surface area contributed by atoms with E-state index in [9.17, 15) is 14.7 Å². The van der Waals surface area contributed by atoms with Gasteiger partial charge in [-0.15, -0.1) is 0 Å². The Hall–Kier alpha value is -3.62. The van der Waals surface area contributed by atoms with Crippen LogP contribution in [-0.2, 0) is 13.6 Å². The summed E-state index contributed by atoms with van der Waals surface area (Å²) in [4.78, 5) is 30.8. The minimum Gasteiger partial charge on any atom is -0.508 e. The number of aromatic hydroxyl groups is 1. The SMILES string of the molecule is CC=CCn1c(NN=C(C)c2ccc(O)cc2)nc2c1c(=O)[nH]c(=O)n2C. The number of aromatic amines is 1. The molecule has 0 fully saturated rings. The van der Waals surface area contributed by atoms with E-state index in [1.54, 1.807) is 42.8 Å². The van der Waals surface area contributed by atoms with Crippen LogP contribution in [0.25, 0.3) is 11.2 Å². The van der Waals surface area contributed by atoms with E-state index in [-0.39, 0.29) is 16.9 Å². The first-order chi connectivity index (χ1) is 12.9. The van der Waals surface area contributed by atoms with E-state index in [1.165, 1.54) is 4.57 Å². The number of nitrogens with zero attached hydrogens (tertiary/aromatic N) is 4. The highest BCUT2D eigenvalue weighted by molar-refractivity contribution is 5.99. The fourth-order valence-corrected chi connectivity index (χ4v) is 2.61. The predicted molar refractivity (Wildman–Crippen MR) is 104 cm³/mol. The van der Waals surface area contributed by atoms with Crippen molar-refractivity contribution < 1.29 is 5.11 Å². The van der Waals surface area contributed by atoms with Gasteiger partial charge in [-0.3, -0.25) is 18.9 Å². The summed E-state index contributed by atoms with van der Waals surface area (Å²) in [6.07, 6.45) is 3.73. The van der Waals surface area contributed by atoms with Crippen LogP contribution in [0.2, 0.25) is 0 Å². The van der Waals surface area contributed by atoms with Crippen molar-refractivity contribution in [1.82, 2.24) is 19.1 Å². The van der Waals surface area contributed by atoms with Crippen LogP contribution in [0.3, 0.4) is 0 Å². The number of nitrogens with one attached hydrogen (secondary N) is 2. The molecule has 0 atom stereocenters. The van der Waals surface area contributed by atoms with E-state index in [0.29, 0.717) is 18.2 Å². The molecule has 2 aromatic heterocycles. The van der Waals surface area contributed by atoms with Gasteiger partial charge in [0, 0.05) is 13.6 Å². The van der Waals surface area contributed by atoms with Crippen molar-refractivity contribution in [1.29, 1.82) is 0 Å². The van der Waals surface area contributed by atoms with Crippen molar-refractivity contribution in [2.45, 2.75) is 20.4 Å². The molecule has 9 heteroatoms. The molecule has 0 radical (unpaired) electrons. The molecule has 1 aromatic carbocycles. The molecular weight excluding hydrogens is 348 g/mol. The van der Waals surface area contributed by atoms with Crippen LogP contribution in [0.4, 0.5) is 5.95 Å². The van der Waals surface area contributed by atoms with E-state index in [0.717, 1.165) is 5.56 Å². The second kappa shape index (κ2) is 7.32. The molecule has 2 heterocycles. The van der Waals surface area contributed by atoms with Crippen LogP contribution >= 0.6 is 0 Å². The Labute approximate surface area is 154 Å². The molecule has 0 aliphatic rings. The van der Waals surface area contributed by atoms with Crippen molar-refractivity contribution in [2.24, 2.45) is 12.1 Å². The van der Waals surface area contributed by atoms with Gasteiger partial charge < -0.3 is 5.11 Å². The highest BCUT2D eigenvalue weighted by atomic mass is 16.3. The number of hydrogen-bond acceptors (Lipinski definition) is 6. The van der Waals surface area contributed by atoms with E-state index in [1.807, 2.05) is 19.1 Å². The average Bonchev–Trinajstić information content (AvgIpc) is 3.02. The summed E-state index contributed by atoms with van der Waals surface area (Å²) in [5.74, 6) is 0.515. The lowest BCUT2D eigenvalue weighted by atomic mass is 10.1. The van der Waals surface area contributed by atoms with Crippen LogP contribution in [0, 0.1) is 0 Å². The fraction of sp³-hybridized carbons (Fsp3) is 0.222. The number of imidazole rings is 1. The molecular formula is C18H20N6O3. The highest BCUT2D eigenvalue weighted by Gasteiger charge is 2.16. The Morgan fingerprint density at radius 3 is 2.70 bits per heavy atom. The second-order valence-electron chi connectivity index (χ2n) is 5.96. The number of aromatic nitrogens is 4. The Morgan fingerprint density at radius 1 is 1.33 bits per heavy atom. The number of H-pyrrole nitrogens is 1. The third-order valence-electron chi connectivity index (χ3n) is 4.14. The van der Waals surface area contributed by atoms with Gasteiger partial charge in [0.25, 0.3) is 5.56 Å². The average molecular weight is 368 g/mol. The molecule has 0 bridgehead atoms. The standard InChI is InChI=1S/C18H20N6O3/c1-4-5-10-24-14-15(23(3)18(27)20-16(14)26)19-17(24)22-21-11(2)12-6-8-13(25)9-7-12/h4-9,25H,10H2,1-3H3,(H,19,22)(H,20,26,27). The van der Waals surface area contributed by atoms with Crippen molar-refractivity contribution in [2.75, 3.05) is 5.43 Å². The lowest BCUT2D eigenvalue weighted by Gasteiger charge is -2.06. The quantitative estimate of drug-likeness (QED) is 0.359. The summed E-state index contributed by atoms with van der Waals surface area (Å²) in [5.41, 5.74) is 3.89. The number of anilines is 1. The van der Waals surface area contributed by atoms with Gasteiger partial charge in [0.1, 0.15) is 5.75 Å². The molecule has 0 spiro atoms. The summed E-state index contributed by atoms with van der Waals surface area (Å²) in [5, 5.41) is 13.7. The van der Waals surface area contributed by atoms with Gasteiger partial charge in [-0.2, -0.15) is 10.1 Å². The zero-order chi connectivity index (χ0) is 19.6. The van der Waals surface area contributed by atoms with Crippen LogP contribution in [0.1, 0.15) is 19.4 Å². The molecule has 0 unspecified atom stereocenters. The third-order valence-corrected chi connectivity index (χ3v) is 4.14. The number of allylic oxidation sites excluding steroid dienone is 2. The van der Waals surface area contributed by atoms with Crippen LogP contribution in [-0.4, -0.2) is 29.9 Å². The van der Waals surface area contributed by atoms with Crippen LogP contribution < -0.4 is 16.7 Å². The second-order valence-corrected chi connectivity index (χ2v) is 5.96. The minimum atomic E-state index is -0.529. The topological polar surface area (TPSA) is 117 Å². The van der Waals surface area contributed by atoms with Crippen molar-refractivity contribution >= 4 is 22.8 Å². The maximum Gasteiger partial charge on any atom is 0.329 e. The van der Waals surface area contributed by atoms with Crippen molar-refractivity contribution in [3.63, 3.8) is 0 Å². The lowest BCUT2D eigenvalue weighted by Crippen LogP contribution is -2.29. The zero-order valence-electron chi connectivity index (χ0n) is 15.2. The maximum absolute atomic E-state index is 12.3. The number of phenolic OH excluding ortho intramolecular Hbond substituents is 1. The van der Waals surface area contributed by atoms with Gasteiger partial charge in [0.15, 0.2) is 11.2 Å². The van der Waals surface area contributed by atoms with E-state index >= 15 is 0 Å². The predicted octanol–water partition coefficient (Wildman–Crippen LogP) is 1.54. The first kappa shape index (κ1) is 18.2. The molecule has 3 rings (SSSR count). The van der Waals surface area contributed by atoms with Crippen molar-refractivity contribution in [3.8, 4) is 5.75 Å². The molecule has 27 heavy (non-hydrogen) atoms. The Bertz CT molecular complexity index is 1150. The van der Waals surface area contributed by atoms with Gasteiger partial charge in [0.2, 0.25) is 5.95 Å². The molecule has 3 aromatic rings. The first-order valence-electron chi connectivity index (χ1n) is 8.32. The van der Waals surface area contributed by atoms with E-state index in [4.69, 9.17) is 0 Å². The van der Waals surface area contributed by atoms with Gasteiger partial charge in [-0.1, -0.05) is 12.2 Å². The Kier molecular flexibility index (Phi) is 4.93. The van der Waals surface area contributed by atoms with Crippen LogP contribution in [0.15, 0.2) is 51.1 Å². The summed E-state index contributed by atoms with van der Waals surface area (Å²) in [6, 6.07) is 6.63. The van der Waals surface area contributed by atoms with Gasteiger partial charge in [0.05, 0.1) is 5.71 Å². The Morgan fingerprint density at radius 2 is 2.04 bits per heavy atom. The molecule has 3 N–H and O–H groups in total. The summed E-state index contributed by atoms with van der Waals surface area (Å²) in [6.45, 7) is 4.07. The normalized spacial score (nSPS) is 12.2. The Balaban J connectivity index is 2.07. The number of benzene rings is 1. The van der Waals surface area contributed by atoms with E-state index in [2.05, 4.69) is 20.5 Å². The smallest absolute Gasteiger partial charge is 0.329 e. The lowest BCUT2D eigenvalue weighted by molar-refractivity contribution is 0.475. The van der Waals surface area contributed by atoms with E-state index < -0.39 is 11.2 Å². The number of fused-ring (bicyclic) bond motifs is 1. The monoisotopic (exact) mass is 368 g/mol. The zero-order valence-corrected chi connectivity index (χ0v) is 15.2. The van der Waals surface area contributed by atoms with Gasteiger partial charge in [-0.05, 0) is 43.7 Å². The molecule has 0 saturated heterocycles. The third kappa shape index (κ3) is 3.52. The fourth-order valence-electron chi connectivity index (χ4n) is 2.61. The number of rotatable bonds is 5. The largest absolute Gasteiger partial charge is 0.508 e. The summed E-state index contributed by atoms with van der Waals surface area (Å²) >= 11 is 0. The minimum absolute atomic E-state index is 0.174.